The van der Waals surface area contributed by atoms with Gasteiger partial charge in [0.2, 0.25) is 25.4 Å². The Morgan fingerprint density at radius 1 is 1.04 bits per heavy atom. The Hall–Kier alpha value is -2.66. The topological polar surface area (TPSA) is 97.0 Å². The second-order valence-electron chi connectivity index (χ2n) is 13.8. The molecule has 8 nitrogen and oxygen atoms in total. The van der Waals surface area contributed by atoms with Crippen LogP contribution in [0.15, 0.2) is 42.7 Å². The number of carbonyl (C=O) groups is 2. The summed E-state index contributed by atoms with van der Waals surface area (Å²) in [6.45, 7) is 2.31. The molecule has 5 fully saturated rings. The van der Waals surface area contributed by atoms with Crippen LogP contribution < -0.4 is 9.64 Å². The van der Waals surface area contributed by atoms with Crippen LogP contribution in [-0.4, -0.2) is 56.0 Å². The van der Waals surface area contributed by atoms with Crippen molar-refractivity contribution in [2.24, 2.45) is 11.3 Å². The summed E-state index contributed by atoms with van der Waals surface area (Å²) >= 11 is -0.0449. The van der Waals surface area contributed by atoms with Gasteiger partial charge in [0.15, 0.2) is 6.61 Å². The fourth-order valence-corrected chi connectivity index (χ4v) is 13.8. The highest BCUT2D eigenvalue weighted by Gasteiger charge is 2.51. The zero-order valence-electron chi connectivity index (χ0n) is 26.8. The lowest BCUT2D eigenvalue weighted by Gasteiger charge is -2.55. The molecular weight excluding hydrogens is 711 g/mol. The van der Waals surface area contributed by atoms with Crippen molar-refractivity contribution in [3.63, 3.8) is 0 Å². The highest BCUT2D eigenvalue weighted by molar-refractivity contribution is 14.2. The molecule has 10 heteroatoms. The number of aryl methyl sites for hydroxylation is 1. The summed E-state index contributed by atoms with van der Waals surface area (Å²) in [5, 5.41) is 10.4. The zero-order chi connectivity index (χ0) is 31.9. The van der Waals surface area contributed by atoms with Gasteiger partial charge in [-0.1, -0.05) is 12.1 Å². The summed E-state index contributed by atoms with van der Waals surface area (Å²) in [7, 11) is 1.73. The van der Waals surface area contributed by atoms with E-state index in [0.717, 1.165) is 82.2 Å². The Labute approximate surface area is 282 Å². The van der Waals surface area contributed by atoms with Crippen molar-refractivity contribution in [1.29, 1.82) is 0 Å². The number of hydrogen-bond acceptors (Lipinski definition) is 7. The van der Waals surface area contributed by atoms with Gasteiger partial charge < -0.3 is 9.84 Å². The van der Waals surface area contributed by atoms with E-state index in [4.69, 9.17) is 19.8 Å². The number of hydrogen-bond donors (Lipinski definition) is 1. The van der Waals surface area contributed by atoms with Crippen molar-refractivity contribution in [3.8, 4) is 16.2 Å². The summed E-state index contributed by atoms with van der Waals surface area (Å²) < 4.78 is 11.5. The Kier molecular flexibility index (Phi) is 9.08. The number of rotatable bonds is 9. The van der Waals surface area contributed by atoms with E-state index in [-0.39, 0.29) is 22.7 Å². The van der Waals surface area contributed by atoms with E-state index in [1.54, 1.807) is 18.4 Å². The summed E-state index contributed by atoms with van der Waals surface area (Å²) in [4.78, 5) is 39.0. The molecule has 5 aliphatic rings. The molecule has 2 aromatic heterocycles. The highest BCUT2D eigenvalue weighted by atomic mass is 127. The lowest BCUT2D eigenvalue weighted by Crippen LogP contribution is -2.52. The number of anilines is 1. The number of ether oxygens (including phenoxy) is 1. The van der Waals surface area contributed by atoms with Crippen LogP contribution in [0.5, 0.6) is 5.75 Å². The molecule has 2 amide bonds. The largest absolute Gasteiger partial charge is 0.528 e. The number of aliphatic hydroxyl groups excluding tert-OH is 1. The second-order valence-corrected chi connectivity index (χ2v) is 20.0. The molecule has 1 aromatic carbocycles. The number of halogens is 1. The van der Waals surface area contributed by atoms with Crippen molar-refractivity contribution in [2.45, 2.75) is 82.5 Å². The van der Waals surface area contributed by atoms with E-state index >= 15 is 0 Å². The number of aliphatic hydroxyl groups is 1. The molecule has 1 saturated heterocycles. The van der Waals surface area contributed by atoms with Crippen LogP contribution in [0.2, 0.25) is 0 Å². The van der Waals surface area contributed by atoms with Crippen LogP contribution in [-0.2, 0) is 15.0 Å². The van der Waals surface area contributed by atoms with Gasteiger partial charge in [-0.3, -0.25) is 9.69 Å². The number of benzene rings is 1. The van der Waals surface area contributed by atoms with Gasteiger partial charge in [0, 0.05) is 30.8 Å². The predicted octanol–water partition coefficient (Wildman–Crippen LogP) is 7.75. The maximum Gasteiger partial charge on any atom is 0.528 e. The van der Waals surface area contributed by atoms with E-state index in [9.17, 15) is 9.59 Å². The summed E-state index contributed by atoms with van der Waals surface area (Å²) in [6, 6.07) is 10.9. The molecule has 0 radical (unpaired) electrons. The lowest BCUT2D eigenvalue weighted by atomic mass is 9.51. The Bertz CT molecular complexity index is 1700. The maximum absolute atomic E-state index is 14.5. The SMILES string of the molecule is COc1ccc(C23CCC(CN(C(=O)C4CCI(#[N+]C(=O)CO)CC4)c4cc(-c5cnc(C6CC6)s5)ccn4)(CC2)CC3)cc1C. The van der Waals surface area contributed by atoms with Crippen LogP contribution in [0.3, 0.4) is 0 Å². The van der Waals surface area contributed by atoms with Gasteiger partial charge in [-0.25, -0.2) is 9.97 Å². The molecule has 2 bridgehead atoms. The first-order valence-corrected chi connectivity index (χ1v) is 21.5. The van der Waals surface area contributed by atoms with Gasteiger partial charge in [0.1, 0.15) is 11.6 Å². The average Bonchev–Trinajstić information content (AvgIpc) is 3.83. The fourth-order valence-electron chi connectivity index (χ4n) is 7.87. The molecule has 46 heavy (non-hydrogen) atoms. The quantitative estimate of drug-likeness (QED) is 0.177. The highest BCUT2D eigenvalue weighted by Crippen LogP contribution is 2.58. The van der Waals surface area contributed by atoms with Gasteiger partial charge in [0.25, 0.3) is 0 Å². The molecule has 0 unspecified atom stereocenters. The third-order valence-electron chi connectivity index (χ3n) is 11.0. The number of thiazole rings is 1. The maximum atomic E-state index is 14.5. The number of amides is 2. The first-order chi connectivity index (χ1) is 22.3. The van der Waals surface area contributed by atoms with E-state index in [1.165, 1.54) is 29.0 Å². The molecular formula is C36H44IN4O4S+. The van der Waals surface area contributed by atoms with Gasteiger partial charge in [0.05, 0.1) is 25.8 Å². The van der Waals surface area contributed by atoms with Crippen molar-refractivity contribution in [3.05, 3.63) is 61.8 Å². The van der Waals surface area contributed by atoms with E-state index < -0.39 is 32.0 Å². The number of fused-ring (bicyclic) bond motifs is 3. The van der Waals surface area contributed by atoms with Crippen LogP contribution >= 0.6 is 30.8 Å². The Morgan fingerprint density at radius 3 is 2.43 bits per heavy atom. The molecule has 1 N–H and O–H groups in total. The molecule has 4 aliphatic carbocycles. The summed E-state index contributed by atoms with van der Waals surface area (Å²) in [5.74, 6) is 1.97. The third-order valence-corrected chi connectivity index (χ3v) is 17.1. The zero-order valence-corrected chi connectivity index (χ0v) is 29.8. The normalized spacial score (nSPS) is 24.8. The molecule has 4 saturated carbocycles. The predicted molar refractivity (Wildman–Crippen MR) is 191 cm³/mol. The van der Waals surface area contributed by atoms with Crippen LogP contribution in [0, 0.1) is 18.3 Å². The molecule has 3 heterocycles. The molecule has 244 valence electrons. The lowest BCUT2D eigenvalue weighted by molar-refractivity contribution is -0.123. The van der Waals surface area contributed by atoms with Gasteiger partial charge in [-0.2, -0.15) is 4.79 Å². The number of aromatic nitrogens is 2. The molecule has 8 rings (SSSR count). The number of pyridine rings is 1. The minimum atomic E-state index is -1.81. The van der Waals surface area contributed by atoms with Crippen molar-refractivity contribution < 1.29 is 19.4 Å². The molecule has 3 aromatic rings. The van der Waals surface area contributed by atoms with Gasteiger partial charge >= 0.3 is 5.91 Å². The van der Waals surface area contributed by atoms with Crippen molar-refractivity contribution >= 4 is 48.4 Å². The second kappa shape index (κ2) is 13.1. The number of carbonyl (C=O) groups excluding carboxylic acids is 2. The monoisotopic (exact) mass is 755 g/mol. The summed E-state index contributed by atoms with van der Waals surface area (Å²) in [5.41, 5.74) is 3.98. The van der Waals surface area contributed by atoms with Crippen molar-refractivity contribution in [2.75, 3.05) is 34.0 Å². The number of nitrogens with zero attached hydrogens (tertiary/aromatic N) is 4. The van der Waals surface area contributed by atoms with Crippen molar-refractivity contribution in [1.82, 2.24) is 9.97 Å². The smallest absolute Gasteiger partial charge is 0.496 e. The number of alkyl halides is 2. The molecule has 0 atom stereocenters. The van der Waals surface area contributed by atoms with E-state index in [0.29, 0.717) is 12.5 Å². The fraction of sp³-hybridized carbons (Fsp3) is 0.556. The Balaban J connectivity index is 1.14. The number of methoxy groups -OCH3 is 1. The molecule has 0 spiro atoms. The van der Waals surface area contributed by atoms with E-state index in [2.05, 4.69) is 34.1 Å². The standard InChI is InChI=1S/C36H44IN4O4S/c1-24-19-28(5-6-29(24)45-2)36-13-10-35(11-14-36,12-15-36)23-41(34(44)26-7-16-37(17-8-26)40-32(43)22-42)31-20-27(9-18-38-31)30-21-39-33(46-30)25-3-4-25/h5-6,9,18-21,25-26,42H,3-4,7-8,10-17,22-23H2,1-2H3/q+1. The van der Waals surface area contributed by atoms with E-state index in [1.807, 2.05) is 23.4 Å². The minimum absolute atomic E-state index is 0.0796. The minimum Gasteiger partial charge on any atom is -0.496 e. The first kappa shape index (κ1) is 31.9. The molecule has 1 aliphatic heterocycles. The van der Waals surface area contributed by atoms with Crippen LogP contribution in [0.1, 0.15) is 86.3 Å². The van der Waals surface area contributed by atoms with Gasteiger partial charge in [-0.15, -0.1) is 11.3 Å². The first-order valence-electron chi connectivity index (χ1n) is 16.7. The van der Waals surface area contributed by atoms with Gasteiger partial charge in [-0.05, 0) is 120 Å². The average molecular weight is 756 g/mol. The third kappa shape index (κ3) is 6.42. The summed E-state index contributed by atoms with van der Waals surface area (Å²) in [6.07, 6.45) is 14.5. The Morgan fingerprint density at radius 2 is 1.78 bits per heavy atom. The van der Waals surface area contributed by atoms with Crippen LogP contribution in [0.4, 0.5) is 5.82 Å². The van der Waals surface area contributed by atoms with Crippen LogP contribution in [0.25, 0.3) is 13.4 Å².